The molecule has 0 saturated carbocycles. The van der Waals surface area contributed by atoms with Crippen molar-refractivity contribution in [1.29, 1.82) is 0 Å². The molecule has 1 aliphatic heterocycles. The Morgan fingerprint density at radius 1 is 1.19 bits per heavy atom. The molecule has 4 rings (SSSR count). The van der Waals surface area contributed by atoms with E-state index in [1.54, 1.807) is 38.9 Å². The number of hydrogen-bond donors (Lipinski definition) is 0. The highest BCUT2D eigenvalue weighted by Crippen LogP contribution is 2.13. The Kier molecular flexibility index (Phi) is 4.12. The molecular formula is C19H19N5O2. The molecule has 3 heterocycles. The van der Waals surface area contributed by atoms with E-state index in [2.05, 4.69) is 9.97 Å². The molecule has 0 aliphatic carbocycles. The van der Waals surface area contributed by atoms with Gasteiger partial charge in [-0.3, -0.25) is 14.0 Å². The molecule has 2 aromatic heterocycles. The highest BCUT2D eigenvalue weighted by Gasteiger charge is 2.29. The van der Waals surface area contributed by atoms with Crippen molar-refractivity contribution in [3.63, 3.8) is 0 Å². The molecule has 26 heavy (non-hydrogen) atoms. The Morgan fingerprint density at radius 3 is 2.73 bits per heavy atom. The fourth-order valence-corrected chi connectivity index (χ4v) is 3.06. The molecule has 3 aromatic rings. The number of rotatable bonds is 3. The normalized spacial score (nSPS) is 14.9. The minimum absolute atomic E-state index is 0.0490. The van der Waals surface area contributed by atoms with Crippen LogP contribution < -0.4 is 0 Å². The summed E-state index contributed by atoms with van der Waals surface area (Å²) in [6.45, 7) is 3.70. The molecular weight excluding hydrogens is 330 g/mol. The van der Waals surface area contributed by atoms with Crippen molar-refractivity contribution in [3.8, 4) is 0 Å². The first-order chi connectivity index (χ1) is 12.6. The monoisotopic (exact) mass is 349 g/mol. The van der Waals surface area contributed by atoms with Gasteiger partial charge in [0.2, 0.25) is 11.7 Å². The lowest BCUT2D eigenvalue weighted by atomic mass is 10.1. The molecule has 0 radical (unpaired) electrons. The summed E-state index contributed by atoms with van der Waals surface area (Å²) >= 11 is 0. The zero-order valence-electron chi connectivity index (χ0n) is 14.5. The second kappa shape index (κ2) is 6.59. The number of hydrogen-bond acceptors (Lipinski definition) is 4. The van der Waals surface area contributed by atoms with Crippen molar-refractivity contribution in [2.45, 2.75) is 13.5 Å². The standard InChI is InChI=1S/C19H19N5O2/c1-14-3-5-15(6-4-14)11-22-9-10-23(13-17(22)25)18(26)16-12-24-8-2-7-20-19(24)21-16/h2-8,12H,9-11,13H2,1H3. The molecule has 1 fully saturated rings. The molecule has 2 amide bonds. The van der Waals surface area contributed by atoms with Gasteiger partial charge in [0.05, 0.1) is 0 Å². The van der Waals surface area contributed by atoms with Crippen LogP contribution in [-0.4, -0.2) is 55.6 Å². The summed E-state index contributed by atoms with van der Waals surface area (Å²) in [6.07, 6.45) is 5.06. The van der Waals surface area contributed by atoms with Gasteiger partial charge in [0, 0.05) is 38.2 Å². The van der Waals surface area contributed by atoms with Gasteiger partial charge < -0.3 is 9.80 Å². The third-order valence-electron chi connectivity index (χ3n) is 4.55. The Bertz CT molecular complexity index is 930. The van der Waals surface area contributed by atoms with Crippen molar-refractivity contribution < 1.29 is 9.59 Å². The van der Waals surface area contributed by atoms with Crippen LogP contribution >= 0.6 is 0 Å². The molecule has 1 saturated heterocycles. The lowest BCUT2D eigenvalue weighted by Gasteiger charge is -2.34. The quantitative estimate of drug-likeness (QED) is 0.719. The lowest BCUT2D eigenvalue weighted by molar-refractivity contribution is -0.135. The van der Waals surface area contributed by atoms with Gasteiger partial charge in [-0.25, -0.2) is 9.97 Å². The molecule has 1 aromatic carbocycles. The van der Waals surface area contributed by atoms with Crippen LogP contribution in [0.15, 0.2) is 48.9 Å². The van der Waals surface area contributed by atoms with Crippen LogP contribution in [0, 0.1) is 6.92 Å². The number of carbonyl (C=O) groups excluding carboxylic acids is 2. The number of piperazine rings is 1. The van der Waals surface area contributed by atoms with Crippen LogP contribution in [0.2, 0.25) is 0 Å². The predicted octanol–water partition coefficient (Wildman–Crippen LogP) is 1.52. The molecule has 0 bridgehead atoms. The van der Waals surface area contributed by atoms with E-state index in [9.17, 15) is 9.59 Å². The minimum Gasteiger partial charge on any atom is -0.335 e. The Balaban J connectivity index is 1.43. The summed E-state index contributed by atoms with van der Waals surface area (Å²) in [5.41, 5.74) is 2.59. The summed E-state index contributed by atoms with van der Waals surface area (Å²) in [6, 6.07) is 9.91. The van der Waals surface area contributed by atoms with Crippen LogP contribution in [0.1, 0.15) is 21.6 Å². The van der Waals surface area contributed by atoms with E-state index in [0.717, 1.165) is 5.56 Å². The predicted molar refractivity (Wildman–Crippen MR) is 95.5 cm³/mol. The van der Waals surface area contributed by atoms with Gasteiger partial charge in [-0.1, -0.05) is 29.8 Å². The maximum Gasteiger partial charge on any atom is 0.274 e. The number of nitrogens with zero attached hydrogens (tertiary/aromatic N) is 5. The Morgan fingerprint density at radius 2 is 2.00 bits per heavy atom. The molecule has 0 N–H and O–H groups in total. The molecule has 7 heteroatoms. The number of amides is 2. The van der Waals surface area contributed by atoms with Crippen molar-refractivity contribution in [2.24, 2.45) is 0 Å². The molecule has 0 unspecified atom stereocenters. The lowest BCUT2D eigenvalue weighted by Crippen LogP contribution is -2.51. The molecule has 0 atom stereocenters. The summed E-state index contributed by atoms with van der Waals surface area (Å²) in [4.78, 5) is 36.8. The zero-order chi connectivity index (χ0) is 18.1. The SMILES string of the molecule is Cc1ccc(CN2CCN(C(=O)c3cn4cccnc4n3)CC2=O)cc1. The fourth-order valence-electron chi connectivity index (χ4n) is 3.06. The van der Waals surface area contributed by atoms with Gasteiger partial charge >= 0.3 is 0 Å². The van der Waals surface area contributed by atoms with Gasteiger partial charge in [0.25, 0.3) is 5.91 Å². The number of aromatic nitrogens is 3. The zero-order valence-corrected chi connectivity index (χ0v) is 14.5. The van der Waals surface area contributed by atoms with Crippen LogP contribution in [0.5, 0.6) is 0 Å². The van der Waals surface area contributed by atoms with Crippen LogP contribution in [-0.2, 0) is 11.3 Å². The molecule has 1 aliphatic rings. The molecule has 132 valence electrons. The first-order valence-corrected chi connectivity index (χ1v) is 8.52. The van der Waals surface area contributed by atoms with Crippen molar-refractivity contribution in [3.05, 3.63) is 65.7 Å². The first kappa shape index (κ1) is 16.3. The largest absolute Gasteiger partial charge is 0.335 e. The average Bonchev–Trinajstić information content (AvgIpc) is 3.08. The summed E-state index contributed by atoms with van der Waals surface area (Å²) in [7, 11) is 0. The average molecular weight is 349 g/mol. The van der Waals surface area contributed by atoms with E-state index in [1.807, 2.05) is 31.2 Å². The van der Waals surface area contributed by atoms with Crippen molar-refractivity contribution in [2.75, 3.05) is 19.6 Å². The summed E-state index contributed by atoms with van der Waals surface area (Å²) in [5.74, 6) is 0.186. The maximum atomic E-state index is 12.7. The second-order valence-electron chi connectivity index (χ2n) is 6.48. The highest BCUT2D eigenvalue weighted by atomic mass is 16.2. The number of benzene rings is 1. The van der Waals surface area contributed by atoms with E-state index in [-0.39, 0.29) is 18.4 Å². The highest BCUT2D eigenvalue weighted by molar-refractivity contribution is 5.95. The summed E-state index contributed by atoms with van der Waals surface area (Å²) < 4.78 is 1.70. The third-order valence-corrected chi connectivity index (χ3v) is 4.55. The minimum atomic E-state index is -0.237. The number of imidazole rings is 1. The third kappa shape index (κ3) is 3.15. The van der Waals surface area contributed by atoms with E-state index in [1.165, 1.54) is 5.56 Å². The van der Waals surface area contributed by atoms with Crippen LogP contribution in [0.25, 0.3) is 5.78 Å². The Hall–Kier alpha value is -3.22. The fraction of sp³-hybridized carbons (Fsp3) is 0.263. The van der Waals surface area contributed by atoms with Gasteiger partial charge in [0.1, 0.15) is 12.2 Å². The van der Waals surface area contributed by atoms with Crippen LogP contribution in [0.3, 0.4) is 0 Å². The van der Waals surface area contributed by atoms with E-state index < -0.39 is 0 Å². The number of carbonyl (C=O) groups is 2. The van der Waals surface area contributed by atoms with Crippen molar-refractivity contribution in [1.82, 2.24) is 24.2 Å². The Labute approximate surface area is 150 Å². The summed E-state index contributed by atoms with van der Waals surface area (Å²) in [5, 5.41) is 0. The van der Waals surface area contributed by atoms with Gasteiger partial charge in [-0.2, -0.15) is 0 Å². The van der Waals surface area contributed by atoms with E-state index >= 15 is 0 Å². The number of fused-ring (bicyclic) bond motifs is 1. The second-order valence-corrected chi connectivity index (χ2v) is 6.48. The topological polar surface area (TPSA) is 70.8 Å². The van der Waals surface area contributed by atoms with Gasteiger partial charge in [-0.05, 0) is 18.6 Å². The first-order valence-electron chi connectivity index (χ1n) is 8.52. The molecule has 7 nitrogen and oxygen atoms in total. The van der Waals surface area contributed by atoms with Crippen LogP contribution in [0.4, 0.5) is 0 Å². The van der Waals surface area contributed by atoms with E-state index in [0.29, 0.717) is 31.1 Å². The van der Waals surface area contributed by atoms with Crippen molar-refractivity contribution >= 4 is 17.6 Å². The molecule has 0 spiro atoms. The van der Waals surface area contributed by atoms with Gasteiger partial charge in [0.15, 0.2) is 0 Å². The smallest absolute Gasteiger partial charge is 0.274 e. The van der Waals surface area contributed by atoms with Gasteiger partial charge in [-0.15, -0.1) is 0 Å². The van der Waals surface area contributed by atoms with E-state index in [4.69, 9.17) is 0 Å². The number of aryl methyl sites for hydroxylation is 1. The maximum absolute atomic E-state index is 12.7.